The minimum Gasteiger partial charge on any atom is -0.368 e. The van der Waals surface area contributed by atoms with Crippen molar-refractivity contribution in [1.29, 1.82) is 5.26 Å². The second kappa shape index (κ2) is 6.84. The van der Waals surface area contributed by atoms with E-state index in [1.165, 1.54) is 0 Å². The molecule has 0 radical (unpaired) electrons. The highest BCUT2D eigenvalue weighted by Gasteiger charge is 2.22. The number of benzene rings is 1. The summed E-state index contributed by atoms with van der Waals surface area (Å²) in [5, 5.41) is 13.0. The Bertz CT molecular complexity index is 740. The van der Waals surface area contributed by atoms with Gasteiger partial charge in [-0.15, -0.1) is 0 Å². The summed E-state index contributed by atoms with van der Waals surface area (Å²) >= 11 is 6.33. The van der Waals surface area contributed by atoms with Gasteiger partial charge in [0.25, 0.3) is 0 Å². The van der Waals surface area contributed by atoms with Gasteiger partial charge in [-0.25, -0.2) is 9.97 Å². The zero-order valence-electron chi connectivity index (χ0n) is 13.0. The predicted molar refractivity (Wildman–Crippen MR) is 91.8 cm³/mol. The average Bonchev–Trinajstić information content (AvgIpc) is 2.55. The van der Waals surface area contributed by atoms with Gasteiger partial charge in [0, 0.05) is 31.0 Å². The molecule has 1 aromatic carbocycles. The Morgan fingerprint density at radius 1 is 1.39 bits per heavy atom. The number of aryl methyl sites for hydroxylation is 1. The number of nitrogens with one attached hydrogen (secondary N) is 1. The van der Waals surface area contributed by atoms with Crippen LogP contribution in [0.3, 0.4) is 0 Å². The number of aromatic nitrogens is 2. The molecule has 3 rings (SSSR count). The molecule has 2 aromatic rings. The molecule has 0 aliphatic carbocycles. The number of anilines is 2. The third kappa shape index (κ3) is 3.72. The van der Waals surface area contributed by atoms with Crippen molar-refractivity contribution < 1.29 is 0 Å². The van der Waals surface area contributed by atoms with E-state index in [4.69, 9.17) is 16.9 Å². The van der Waals surface area contributed by atoms with Gasteiger partial charge in [-0.1, -0.05) is 11.6 Å². The molecule has 0 bridgehead atoms. The highest BCUT2D eigenvalue weighted by molar-refractivity contribution is 6.33. The van der Waals surface area contributed by atoms with Crippen LogP contribution in [0.15, 0.2) is 30.5 Å². The second-order valence-electron chi connectivity index (χ2n) is 5.73. The number of hydrogen-bond donors (Lipinski definition) is 1. The summed E-state index contributed by atoms with van der Waals surface area (Å²) in [4.78, 5) is 10.9. The molecular formula is C17H18ClN5. The topological polar surface area (TPSA) is 64.8 Å². The molecule has 2 heterocycles. The normalized spacial score (nSPS) is 17.6. The van der Waals surface area contributed by atoms with Crippen molar-refractivity contribution in [1.82, 2.24) is 9.97 Å². The first-order valence-electron chi connectivity index (χ1n) is 7.66. The largest absolute Gasteiger partial charge is 0.368 e. The van der Waals surface area contributed by atoms with E-state index in [0.717, 1.165) is 37.3 Å². The van der Waals surface area contributed by atoms with Crippen molar-refractivity contribution in [3.05, 3.63) is 46.7 Å². The first-order chi connectivity index (χ1) is 11.2. The lowest BCUT2D eigenvalue weighted by Gasteiger charge is -2.35. The minimum atomic E-state index is 0.275. The molecule has 1 atom stereocenters. The number of piperidine rings is 1. The molecule has 1 aliphatic heterocycles. The maximum Gasteiger partial charge on any atom is 0.223 e. The van der Waals surface area contributed by atoms with Crippen LogP contribution in [-0.4, -0.2) is 29.1 Å². The van der Waals surface area contributed by atoms with Crippen LogP contribution in [0.5, 0.6) is 0 Å². The molecule has 0 spiro atoms. The van der Waals surface area contributed by atoms with E-state index in [9.17, 15) is 0 Å². The Kier molecular flexibility index (Phi) is 4.63. The Morgan fingerprint density at radius 2 is 2.26 bits per heavy atom. The third-order valence-corrected chi connectivity index (χ3v) is 4.27. The molecule has 1 saturated heterocycles. The molecule has 1 unspecified atom stereocenters. The minimum absolute atomic E-state index is 0.275. The average molecular weight is 328 g/mol. The van der Waals surface area contributed by atoms with Gasteiger partial charge in [0.05, 0.1) is 22.3 Å². The standard InChI is InChI=1S/C17H18ClN5/c1-12-6-7-20-17(21-12)22-14-3-2-8-23(11-14)16-5-4-13(10-19)9-15(16)18/h4-7,9,14H,2-3,8,11H2,1H3,(H,20,21,22). The molecule has 1 N–H and O–H groups in total. The Hall–Kier alpha value is -2.32. The highest BCUT2D eigenvalue weighted by Crippen LogP contribution is 2.29. The molecule has 0 amide bonds. The predicted octanol–water partition coefficient (Wildman–Crippen LogP) is 3.39. The number of rotatable bonds is 3. The van der Waals surface area contributed by atoms with Crippen molar-refractivity contribution in [2.75, 3.05) is 23.3 Å². The van der Waals surface area contributed by atoms with Gasteiger partial charge in [-0.2, -0.15) is 5.26 Å². The van der Waals surface area contributed by atoms with Crippen molar-refractivity contribution in [2.45, 2.75) is 25.8 Å². The van der Waals surface area contributed by atoms with E-state index in [1.54, 1.807) is 12.3 Å². The fourth-order valence-corrected chi connectivity index (χ4v) is 3.15. The van der Waals surface area contributed by atoms with Crippen LogP contribution in [0.4, 0.5) is 11.6 Å². The highest BCUT2D eigenvalue weighted by atomic mass is 35.5. The van der Waals surface area contributed by atoms with Gasteiger partial charge in [-0.3, -0.25) is 0 Å². The summed E-state index contributed by atoms with van der Waals surface area (Å²) in [7, 11) is 0. The quantitative estimate of drug-likeness (QED) is 0.936. The van der Waals surface area contributed by atoms with Gasteiger partial charge in [-0.05, 0) is 44.0 Å². The van der Waals surface area contributed by atoms with E-state index in [2.05, 4.69) is 26.3 Å². The van der Waals surface area contributed by atoms with Crippen LogP contribution in [-0.2, 0) is 0 Å². The second-order valence-corrected chi connectivity index (χ2v) is 6.14. The number of nitrogens with zero attached hydrogens (tertiary/aromatic N) is 4. The van der Waals surface area contributed by atoms with Gasteiger partial charge >= 0.3 is 0 Å². The summed E-state index contributed by atoms with van der Waals surface area (Å²) in [5.74, 6) is 0.669. The first-order valence-corrected chi connectivity index (χ1v) is 8.04. The lowest BCUT2D eigenvalue weighted by Crippen LogP contribution is -2.42. The smallest absolute Gasteiger partial charge is 0.223 e. The lowest BCUT2D eigenvalue weighted by atomic mass is 10.0. The molecular weight excluding hydrogens is 310 g/mol. The molecule has 6 heteroatoms. The van der Waals surface area contributed by atoms with Crippen LogP contribution in [0.2, 0.25) is 5.02 Å². The van der Waals surface area contributed by atoms with Crippen molar-refractivity contribution >= 4 is 23.2 Å². The fourth-order valence-electron chi connectivity index (χ4n) is 2.85. The molecule has 0 saturated carbocycles. The fraction of sp³-hybridized carbons (Fsp3) is 0.353. The zero-order valence-corrected chi connectivity index (χ0v) is 13.7. The maximum atomic E-state index is 8.95. The van der Waals surface area contributed by atoms with Crippen LogP contribution in [0.25, 0.3) is 0 Å². The van der Waals surface area contributed by atoms with Gasteiger partial charge < -0.3 is 10.2 Å². The van der Waals surface area contributed by atoms with E-state index in [1.807, 2.05) is 25.1 Å². The van der Waals surface area contributed by atoms with Crippen LogP contribution in [0.1, 0.15) is 24.1 Å². The van der Waals surface area contributed by atoms with Gasteiger partial charge in [0.2, 0.25) is 5.95 Å². The zero-order chi connectivity index (χ0) is 16.2. The molecule has 118 valence electrons. The van der Waals surface area contributed by atoms with Crippen molar-refractivity contribution in [3.63, 3.8) is 0 Å². The van der Waals surface area contributed by atoms with Crippen LogP contribution in [0, 0.1) is 18.3 Å². The van der Waals surface area contributed by atoms with E-state index in [0.29, 0.717) is 16.5 Å². The van der Waals surface area contributed by atoms with E-state index < -0.39 is 0 Å². The summed E-state index contributed by atoms with van der Waals surface area (Å²) in [6.07, 6.45) is 3.91. The Morgan fingerprint density at radius 3 is 3.00 bits per heavy atom. The summed E-state index contributed by atoms with van der Waals surface area (Å²) < 4.78 is 0. The summed E-state index contributed by atoms with van der Waals surface area (Å²) in [5.41, 5.74) is 2.51. The monoisotopic (exact) mass is 327 g/mol. The Labute approximate surface area is 140 Å². The lowest BCUT2D eigenvalue weighted by molar-refractivity contribution is 0.527. The van der Waals surface area contributed by atoms with Crippen molar-refractivity contribution in [2.24, 2.45) is 0 Å². The molecule has 1 aliphatic rings. The molecule has 1 fully saturated rings. The first kappa shape index (κ1) is 15.6. The van der Waals surface area contributed by atoms with Gasteiger partial charge in [0.15, 0.2) is 0 Å². The van der Waals surface area contributed by atoms with Crippen molar-refractivity contribution in [3.8, 4) is 6.07 Å². The molecule has 1 aromatic heterocycles. The number of nitriles is 1. The van der Waals surface area contributed by atoms with Gasteiger partial charge in [0.1, 0.15) is 0 Å². The third-order valence-electron chi connectivity index (χ3n) is 3.97. The van der Waals surface area contributed by atoms with E-state index in [-0.39, 0.29) is 6.04 Å². The molecule has 23 heavy (non-hydrogen) atoms. The maximum absolute atomic E-state index is 8.95. The molecule has 5 nitrogen and oxygen atoms in total. The summed E-state index contributed by atoms with van der Waals surface area (Å²) in [6, 6.07) is 9.72. The van der Waals surface area contributed by atoms with E-state index >= 15 is 0 Å². The Balaban J connectivity index is 1.72. The van der Waals surface area contributed by atoms with Crippen LogP contribution < -0.4 is 10.2 Å². The number of hydrogen-bond acceptors (Lipinski definition) is 5. The van der Waals surface area contributed by atoms with Crippen LogP contribution >= 0.6 is 11.6 Å². The SMILES string of the molecule is Cc1ccnc(NC2CCCN(c3ccc(C#N)cc3Cl)C2)n1. The summed E-state index contributed by atoms with van der Waals surface area (Å²) in [6.45, 7) is 3.75. The number of halogens is 1.